The zero-order valence-electron chi connectivity index (χ0n) is 13.2. The Kier molecular flexibility index (Phi) is 4.34. The minimum atomic E-state index is -0.359. The molecule has 24 heavy (non-hydrogen) atoms. The van der Waals surface area contributed by atoms with Crippen LogP contribution >= 0.6 is 23.2 Å². The smallest absolute Gasteiger partial charge is 0.262 e. The Labute approximate surface area is 148 Å². The predicted octanol–water partition coefficient (Wildman–Crippen LogP) is 4.25. The Morgan fingerprint density at radius 2 is 2.04 bits per heavy atom. The standard InChI is InChI=1S/C16H14Cl2N4O2/c1-8-7-12(22(3)20-8)19-16(23)13-9(2)24-21-15(13)10-5-4-6-11(17)14(10)18/h4-7H,1-3H3,(H,19,23). The van der Waals surface area contributed by atoms with Gasteiger partial charge in [0.1, 0.15) is 22.8 Å². The fourth-order valence-electron chi connectivity index (χ4n) is 2.42. The molecule has 0 fully saturated rings. The number of halogens is 2. The lowest BCUT2D eigenvalue weighted by atomic mass is 10.1. The number of carbonyl (C=O) groups excluding carboxylic acids is 1. The van der Waals surface area contributed by atoms with Gasteiger partial charge in [0.25, 0.3) is 5.91 Å². The van der Waals surface area contributed by atoms with Crippen molar-refractivity contribution in [3.05, 3.63) is 51.3 Å². The summed E-state index contributed by atoms with van der Waals surface area (Å²) >= 11 is 12.3. The summed E-state index contributed by atoms with van der Waals surface area (Å²) in [6, 6.07) is 6.90. The second-order valence-corrected chi connectivity index (χ2v) is 6.10. The van der Waals surface area contributed by atoms with Crippen molar-refractivity contribution in [2.45, 2.75) is 13.8 Å². The number of carbonyl (C=O) groups is 1. The SMILES string of the molecule is Cc1cc(NC(=O)c2c(-c3cccc(Cl)c3Cl)noc2C)n(C)n1. The molecule has 0 bridgehead atoms. The van der Waals surface area contributed by atoms with E-state index in [2.05, 4.69) is 15.6 Å². The highest BCUT2D eigenvalue weighted by molar-refractivity contribution is 6.43. The Morgan fingerprint density at radius 1 is 1.29 bits per heavy atom. The fraction of sp³-hybridized carbons (Fsp3) is 0.188. The maximum absolute atomic E-state index is 12.7. The molecule has 3 aromatic rings. The highest BCUT2D eigenvalue weighted by Gasteiger charge is 2.24. The summed E-state index contributed by atoms with van der Waals surface area (Å²) in [5.74, 6) is 0.599. The van der Waals surface area contributed by atoms with E-state index < -0.39 is 0 Å². The quantitative estimate of drug-likeness (QED) is 0.753. The number of hydrogen-bond donors (Lipinski definition) is 1. The molecule has 0 radical (unpaired) electrons. The average molecular weight is 365 g/mol. The molecule has 0 aliphatic rings. The highest BCUT2D eigenvalue weighted by Crippen LogP contribution is 2.35. The van der Waals surface area contributed by atoms with Crippen LogP contribution in [0.5, 0.6) is 0 Å². The molecule has 8 heteroatoms. The van der Waals surface area contributed by atoms with Crippen LogP contribution in [0.2, 0.25) is 10.0 Å². The number of benzene rings is 1. The Balaban J connectivity index is 2.03. The zero-order chi connectivity index (χ0) is 17.4. The second kappa shape index (κ2) is 6.30. The van der Waals surface area contributed by atoms with E-state index in [1.165, 1.54) is 0 Å². The van der Waals surface area contributed by atoms with E-state index in [0.717, 1.165) is 5.69 Å². The van der Waals surface area contributed by atoms with Gasteiger partial charge in [-0.1, -0.05) is 40.5 Å². The van der Waals surface area contributed by atoms with Gasteiger partial charge < -0.3 is 9.84 Å². The number of aryl methyl sites for hydroxylation is 3. The number of nitrogens with zero attached hydrogens (tertiary/aromatic N) is 3. The van der Waals surface area contributed by atoms with Crippen LogP contribution in [0.25, 0.3) is 11.3 Å². The van der Waals surface area contributed by atoms with E-state index in [-0.39, 0.29) is 5.91 Å². The summed E-state index contributed by atoms with van der Waals surface area (Å²) in [5, 5.41) is 11.7. The number of rotatable bonds is 3. The van der Waals surface area contributed by atoms with Gasteiger partial charge in [0.15, 0.2) is 0 Å². The van der Waals surface area contributed by atoms with Crippen molar-refractivity contribution in [2.24, 2.45) is 7.05 Å². The maximum Gasteiger partial charge on any atom is 0.262 e. The molecule has 0 atom stereocenters. The highest BCUT2D eigenvalue weighted by atomic mass is 35.5. The minimum Gasteiger partial charge on any atom is -0.360 e. The Morgan fingerprint density at radius 3 is 2.71 bits per heavy atom. The third-order valence-electron chi connectivity index (χ3n) is 3.54. The second-order valence-electron chi connectivity index (χ2n) is 5.31. The number of anilines is 1. The lowest BCUT2D eigenvalue weighted by Crippen LogP contribution is -2.15. The van der Waals surface area contributed by atoms with Crippen molar-refractivity contribution < 1.29 is 9.32 Å². The average Bonchev–Trinajstić information content (AvgIpc) is 3.04. The molecule has 6 nitrogen and oxygen atoms in total. The van der Waals surface area contributed by atoms with Gasteiger partial charge in [-0.3, -0.25) is 9.48 Å². The molecule has 1 amide bonds. The number of hydrogen-bond acceptors (Lipinski definition) is 4. The molecule has 124 valence electrons. The van der Waals surface area contributed by atoms with Gasteiger partial charge >= 0.3 is 0 Å². The molecular weight excluding hydrogens is 351 g/mol. The molecule has 0 aliphatic carbocycles. The molecule has 2 heterocycles. The zero-order valence-corrected chi connectivity index (χ0v) is 14.7. The fourth-order valence-corrected chi connectivity index (χ4v) is 2.81. The van der Waals surface area contributed by atoms with Crippen LogP contribution in [0, 0.1) is 13.8 Å². The van der Waals surface area contributed by atoms with Crippen LogP contribution in [0.4, 0.5) is 5.82 Å². The summed E-state index contributed by atoms with van der Waals surface area (Å²) in [4.78, 5) is 12.7. The molecular formula is C16H14Cl2N4O2. The van der Waals surface area contributed by atoms with Crippen LogP contribution < -0.4 is 5.32 Å². The first-order chi connectivity index (χ1) is 11.4. The van der Waals surface area contributed by atoms with Gasteiger partial charge in [0, 0.05) is 18.7 Å². The monoisotopic (exact) mass is 364 g/mol. The van der Waals surface area contributed by atoms with E-state index in [1.807, 2.05) is 6.92 Å². The predicted molar refractivity (Wildman–Crippen MR) is 92.6 cm³/mol. The molecule has 0 unspecified atom stereocenters. The molecule has 0 aliphatic heterocycles. The van der Waals surface area contributed by atoms with Gasteiger partial charge in [0.05, 0.1) is 15.7 Å². The van der Waals surface area contributed by atoms with E-state index in [0.29, 0.717) is 38.4 Å². The topological polar surface area (TPSA) is 73.0 Å². The van der Waals surface area contributed by atoms with Gasteiger partial charge in [-0.25, -0.2) is 0 Å². The third kappa shape index (κ3) is 2.90. The normalized spacial score (nSPS) is 10.9. The first-order valence-corrected chi connectivity index (χ1v) is 7.86. The summed E-state index contributed by atoms with van der Waals surface area (Å²) in [6.45, 7) is 3.51. The summed E-state index contributed by atoms with van der Waals surface area (Å²) in [6.07, 6.45) is 0. The number of amides is 1. The van der Waals surface area contributed by atoms with Crippen molar-refractivity contribution in [3.63, 3.8) is 0 Å². The van der Waals surface area contributed by atoms with Gasteiger partial charge in [-0.15, -0.1) is 0 Å². The largest absolute Gasteiger partial charge is 0.360 e. The molecule has 1 N–H and O–H groups in total. The van der Waals surface area contributed by atoms with Gasteiger partial charge in [-0.2, -0.15) is 5.10 Å². The third-order valence-corrected chi connectivity index (χ3v) is 4.36. The lowest BCUT2D eigenvalue weighted by molar-refractivity contribution is 0.102. The number of nitrogens with one attached hydrogen (secondary N) is 1. The van der Waals surface area contributed by atoms with E-state index in [4.69, 9.17) is 27.7 Å². The first kappa shape index (κ1) is 16.5. The molecule has 3 rings (SSSR count). The van der Waals surface area contributed by atoms with Crippen molar-refractivity contribution in [2.75, 3.05) is 5.32 Å². The van der Waals surface area contributed by atoms with Gasteiger partial charge in [-0.05, 0) is 19.9 Å². The molecule has 1 aromatic carbocycles. The van der Waals surface area contributed by atoms with E-state index in [1.54, 1.807) is 42.9 Å². The molecule has 0 spiro atoms. The molecule has 0 saturated carbocycles. The van der Waals surface area contributed by atoms with Crippen molar-refractivity contribution >= 4 is 34.9 Å². The summed E-state index contributed by atoms with van der Waals surface area (Å²) in [7, 11) is 1.75. The number of aromatic nitrogens is 3. The summed E-state index contributed by atoms with van der Waals surface area (Å²) in [5.41, 5.74) is 1.98. The summed E-state index contributed by atoms with van der Waals surface area (Å²) < 4.78 is 6.79. The van der Waals surface area contributed by atoms with Crippen LogP contribution in [-0.2, 0) is 7.05 Å². The van der Waals surface area contributed by atoms with E-state index >= 15 is 0 Å². The van der Waals surface area contributed by atoms with Gasteiger partial charge in [0.2, 0.25) is 0 Å². The molecule has 0 saturated heterocycles. The van der Waals surface area contributed by atoms with Crippen molar-refractivity contribution in [1.29, 1.82) is 0 Å². The van der Waals surface area contributed by atoms with E-state index in [9.17, 15) is 4.79 Å². The van der Waals surface area contributed by atoms with Crippen molar-refractivity contribution in [3.8, 4) is 11.3 Å². The van der Waals surface area contributed by atoms with Crippen molar-refractivity contribution in [1.82, 2.24) is 14.9 Å². The van der Waals surface area contributed by atoms with Crippen LogP contribution in [0.1, 0.15) is 21.8 Å². The Hall–Kier alpha value is -2.31. The molecule has 2 aromatic heterocycles. The van der Waals surface area contributed by atoms with Crippen LogP contribution in [-0.4, -0.2) is 20.8 Å². The lowest BCUT2D eigenvalue weighted by Gasteiger charge is -2.07. The van der Waals surface area contributed by atoms with Crippen LogP contribution in [0.3, 0.4) is 0 Å². The van der Waals surface area contributed by atoms with Crippen LogP contribution in [0.15, 0.2) is 28.8 Å². The Bertz CT molecular complexity index is 930. The minimum absolute atomic E-state index is 0.304. The first-order valence-electron chi connectivity index (χ1n) is 7.11. The maximum atomic E-state index is 12.7.